The number of hydrogen-bond acceptors (Lipinski definition) is 3. The molecular formula is C21H27N3O2. The molecule has 2 aromatic rings. The molecular weight excluding hydrogens is 326 g/mol. The molecule has 1 atom stereocenters. The minimum atomic E-state index is 0.121. The number of nitrogens with zero attached hydrogens (tertiary/aromatic N) is 2. The zero-order chi connectivity index (χ0) is 17.9. The number of hydrogen-bond donors (Lipinski definition) is 1. The standard InChI is InChI=1S/C21H27N3O2/c1-26-17-7-2-5-15(13-17)10-11-16-6-4-12-24(14-16)21(25)20-18-8-3-9-19(18)22-23-20/h2,5,7,13,16H,3-4,6,8-12,14H2,1H3,(H,22,23)/t16-/m1/s1. The van der Waals surface area contributed by atoms with Gasteiger partial charge < -0.3 is 9.64 Å². The Morgan fingerprint density at radius 2 is 2.27 bits per heavy atom. The largest absolute Gasteiger partial charge is 0.497 e. The summed E-state index contributed by atoms with van der Waals surface area (Å²) in [6.45, 7) is 1.71. The van der Waals surface area contributed by atoms with Crippen molar-refractivity contribution in [3.63, 3.8) is 0 Å². The Bertz CT molecular complexity index is 783. The molecule has 1 aliphatic heterocycles. The van der Waals surface area contributed by atoms with Crippen LogP contribution in [0.4, 0.5) is 0 Å². The van der Waals surface area contributed by atoms with E-state index in [9.17, 15) is 4.79 Å². The number of piperidine rings is 1. The maximum Gasteiger partial charge on any atom is 0.274 e. The summed E-state index contributed by atoms with van der Waals surface area (Å²) in [5, 5.41) is 7.39. The fourth-order valence-corrected chi connectivity index (χ4v) is 4.33. The first-order chi connectivity index (χ1) is 12.7. The summed E-state index contributed by atoms with van der Waals surface area (Å²) < 4.78 is 5.31. The van der Waals surface area contributed by atoms with Crippen LogP contribution in [0.2, 0.25) is 0 Å². The molecule has 5 nitrogen and oxygen atoms in total. The first-order valence-corrected chi connectivity index (χ1v) is 9.73. The summed E-state index contributed by atoms with van der Waals surface area (Å²) in [5.41, 5.74) is 4.30. The van der Waals surface area contributed by atoms with Gasteiger partial charge in [0, 0.05) is 24.3 Å². The van der Waals surface area contributed by atoms with Gasteiger partial charge in [-0.15, -0.1) is 0 Å². The van der Waals surface area contributed by atoms with E-state index in [0.29, 0.717) is 11.6 Å². The number of carbonyl (C=O) groups excluding carboxylic acids is 1. The average Bonchev–Trinajstić information content (AvgIpc) is 3.30. The van der Waals surface area contributed by atoms with Crippen molar-refractivity contribution in [3.8, 4) is 5.75 Å². The molecule has 1 saturated heterocycles. The molecule has 2 heterocycles. The molecule has 0 spiro atoms. The third kappa shape index (κ3) is 3.48. The molecule has 2 aliphatic rings. The second kappa shape index (κ2) is 7.52. The molecule has 5 heteroatoms. The first-order valence-electron chi connectivity index (χ1n) is 9.73. The second-order valence-electron chi connectivity index (χ2n) is 7.53. The minimum absolute atomic E-state index is 0.121. The lowest BCUT2D eigenvalue weighted by Gasteiger charge is -2.32. The number of aromatic amines is 1. The number of amides is 1. The zero-order valence-electron chi connectivity index (χ0n) is 15.5. The van der Waals surface area contributed by atoms with Crippen molar-refractivity contribution in [2.75, 3.05) is 20.2 Å². The van der Waals surface area contributed by atoms with Gasteiger partial charge >= 0.3 is 0 Å². The highest BCUT2D eigenvalue weighted by Gasteiger charge is 2.29. The minimum Gasteiger partial charge on any atom is -0.497 e. The molecule has 0 saturated carbocycles. The number of H-pyrrole nitrogens is 1. The van der Waals surface area contributed by atoms with Gasteiger partial charge in [0.2, 0.25) is 0 Å². The molecule has 26 heavy (non-hydrogen) atoms. The fourth-order valence-electron chi connectivity index (χ4n) is 4.33. The average molecular weight is 353 g/mol. The summed E-state index contributed by atoms with van der Waals surface area (Å²) in [4.78, 5) is 15.0. The van der Waals surface area contributed by atoms with E-state index in [-0.39, 0.29) is 5.91 Å². The summed E-state index contributed by atoms with van der Waals surface area (Å²) in [6, 6.07) is 8.29. The summed E-state index contributed by atoms with van der Waals surface area (Å²) in [5.74, 6) is 1.59. The molecule has 1 N–H and O–H groups in total. The Morgan fingerprint density at radius 1 is 1.35 bits per heavy atom. The second-order valence-corrected chi connectivity index (χ2v) is 7.53. The highest BCUT2D eigenvalue weighted by atomic mass is 16.5. The molecule has 138 valence electrons. The predicted molar refractivity (Wildman–Crippen MR) is 101 cm³/mol. The number of ether oxygens (including phenoxy) is 1. The Morgan fingerprint density at radius 3 is 3.15 bits per heavy atom. The van der Waals surface area contributed by atoms with Gasteiger partial charge in [-0.1, -0.05) is 12.1 Å². The van der Waals surface area contributed by atoms with Crippen LogP contribution in [0.15, 0.2) is 24.3 Å². The summed E-state index contributed by atoms with van der Waals surface area (Å²) in [6.07, 6.45) is 7.57. The monoisotopic (exact) mass is 353 g/mol. The number of methoxy groups -OCH3 is 1. The van der Waals surface area contributed by atoms with E-state index in [0.717, 1.165) is 62.9 Å². The van der Waals surface area contributed by atoms with Crippen molar-refractivity contribution < 1.29 is 9.53 Å². The normalized spacial score (nSPS) is 19.4. The van der Waals surface area contributed by atoms with Gasteiger partial charge in [0.15, 0.2) is 5.69 Å². The van der Waals surface area contributed by atoms with Gasteiger partial charge in [0.25, 0.3) is 5.91 Å². The van der Waals surface area contributed by atoms with Crippen molar-refractivity contribution in [2.24, 2.45) is 5.92 Å². The maximum absolute atomic E-state index is 13.0. The van der Waals surface area contributed by atoms with Crippen molar-refractivity contribution in [1.82, 2.24) is 15.1 Å². The third-order valence-corrected chi connectivity index (χ3v) is 5.79. The topological polar surface area (TPSA) is 58.2 Å². The van der Waals surface area contributed by atoms with Crippen LogP contribution in [0, 0.1) is 5.92 Å². The molecule has 0 radical (unpaired) electrons. The Balaban J connectivity index is 1.37. The van der Waals surface area contributed by atoms with Crippen LogP contribution in [0.1, 0.15) is 53.0 Å². The molecule has 1 aliphatic carbocycles. The van der Waals surface area contributed by atoms with E-state index >= 15 is 0 Å². The number of fused-ring (bicyclic) bond motifs is 1. The first kappa shape index (κ1) is 17.1. The van der Waals surface area contributed by atoms with E-state index < -0.39 is 0 Å². The van der Waals surface area contributed by atoms with Crippen LogP contribution < -0.4 is 4.74 Å². The molecule has 4 rings (SSSR count). The Labute approximate surface area is 154 Å². The quantitative estimate of drug-likeness (QED) is 0.896. The lowest BCUT2D eigenvalue weighted by atomic mass is 9.91. The van der Waals surface area contributed by atoms with Crippen LogP contribution in [-0.2, 0) is 19.3 Å². The molecule has 1 fully saturated rings. The van der Waals surface area contributed by atoms with E-state index in [1.54, 1.807) is 7.11 Å². The number of nitrogens with one attached hydrogen (secondary N) is 1. The van der Waals surface area contributed by atoms with Gasteiger partial charge in [-0.25, -0.2) is 0 Å². The summed E-state index contributed by atoms with van der Waals surface area (Å²) >= 11 is 0. The van der Waals surface area contributed by atoms with Crippen molar-refractivity contribution in [3.05, 3.63) is 46.8 Å². The fraction of sp³-hybridized carbons (Fsp3) is 0.524. The molecule has 1 aromatic carbocycles. The van der Waals surface area contributed by atoms with Gasteiger partial charge in [0.05, 0.1) is 7.11 Å². The smallest absolute Gasteiger partial charge is 0.274 e. The number of carbonyl (C=O) groups is 1. The van der Waals surface area contributed by atoms with Crippen LogP contribution >= 0.6 is 0 Å². The molecule has 1 aromatic heterocycles. The molecule has 0 unspecified atom stereocenters. The summed E-state index contributed by atoms with van der Waals surface area (Å²) in [7, 11) is 1.70. The highest BCUT2D eigenvalue weighted by molar-refractivity contribution is 5.94. The van der Waals surface area contributed by atoms with Gasteiger partial charge in [0.1, 0.15) is 5.75 Å². The number of aromatic nitrogens is 2. The number of aryl methyl sites for hydroxylation is 2. The lowest BCUT2D eigenvalue weighted by Crippen LogP contribution is -2.40. The number of likely N-dealkylation sites (tertiary alicyclic amines) is 1. The van der Waals surface area contributed by atoms with E-state index in [1.807, 2.05) is 17.0 Å². The number of rotatable bonds is 5. The highest BCUT2D eigenvalue weighted by Crippen LogP contribution is 2.27. The number of benzene rings is 1. The molecule has 1 amide bonds. The van der Waals surface area contributed by atoms with Crippen LogP contribution in [0.5, 0.6) is 5.75 Å². The van der Waals surface area contributed by atoms with Gasteiger partial charge in [-0.3, -0.25) is 9.89 Å². The SMILES string of the molecule is COc1cccc(CC[C@H]2CCCN(C(=O)c3n[nH]c4c3CCC4)C2)c1. The predicted octanol–water partition coefficient (Wildman–Crippen LogP) is 3.39. The van der Waals surface area contributed by atoms with Crippen molar-refractivity contribution in [2.45, 2.75) is 44.9 Å². The van der Waals surface area contributed by atoms with E-state index in [2.05, 4.69) is 22.3 Å². The lowest BCUT2D eigenvalue weighted by molar-refractivity contribution is 0.0661. The third-order valence-electron chi connectivity index (χ3n) is 5.79. The van der Waals surface area contributed by atoms with Crippen molar-refractivity contribution >= 4 is 5.91 Å². The van der Waals surface area contributed by atoms with Crippen LogP contribution in [-0.4, -0.2) is 41.2 Å². The Hall–Kier alpha value is -2.30. The van der Waals surface area contributed by atoms with Gasteiger partial charge in [-0.05, 0) is 68.6 Å². The van der Waals surface area contributed by atoms with Gasteiger partial charge in [-0.2, -0.15) is 5.10 Å². The van der Waals surface area contributed by atoms with Crippen LogP contribution in [0.3, 0.4) is 0 Å². The van der Waals surface area contributed by atoms with E-state index in [4.69, 9.17) is 4.74 Å². The maximum atomic E-state index is 13.0. The zero-order valence-corrected chi connectivity index (χ0v) is 15.5. The Kier molecular flexibility index (Phi) is 4.96. The van der Waals surface area contributed by atoms with E-state index in [1.165, 1.54) is 17.7 Å². The molecule has 0 bridgehead atoms. The van der Waals surface area contributed by atoms with Crippen molar-refractivity contribution in [1.29, 1.82) is 0 Å². The van der Waals surface area contributed by atoms with Crippen LogP contribution in [0.25, 0.3) is 0 Å².